The first kappa shape index (κ1) is 19.3. The van der Waals surface area contributed by atoms with Gasteiger partial charge in [0.15, 0.2) is 0 Å². The van der Waals surface area contributed by atoms with Crippen molar-refractivity contribution in [3.8, 4) is 0 Å². The average Bonchev–Trinajstić information content (AvgIpc) is 2.94. The SMILES string of the molecule is Cc1ccc2c(c1)[C@H]1C[NH+](C)CC[C@@H]1N2S(=O)(=O)c1ccccc1C(F)(F)F. The van der Waals surface area contributed by atoms with E-state index in [1.165, 1.54) is 21.3 Å². The number of anilines is 1. The van der Waals surface area contributed by atoms with Crippen LogP contribution in [0.3, 0.4) is 0 Å². The molecule has 150 valence electrons. The number of hydrogen-bond acceptors (Lipinski definition) is 2. The summed E-state index contributed by atoms with van der Waals surface area (Å²) in [5.41, 5.74) is 1.31. The van der Waals surface area contributed by atoms with Crippen molar-refractivity contribution in [3.05, 3.63) is 59.2 Å². The number of nitrogens with zero attached hydrogens (tertiary/aromatic N) is 1. The maximum absolute atomic E-state index is 13.5. The third-order valence-electron chi connectivity index (χ3n) is 5.75. The van der Waals surface area contributed by atoms with Crippen molar-refractivity contribution in [2.45, 2.75) is 36.4 Å². The molecule has 4 rings (SSSR count). The van der Waals surface area contributed by atoms with Crippen LogP contribution in [0.15, 0.2) is 47.4 Å². The molecule has 1 unspecified atom stereocenters. The number of nitrogens with one attached hydrogen (secondary N) is 1. The van der Waals surface area contributed by atoms with Crippen LogP contribution in [0.5, 0.6) is 0 Å². The lowest BCUT2D eigenvalue weighted by Crippen LogP contribution is -3.11. The summed E-state index contributed by atoms with van der Waals surface area (Å²) in [6.07, 6.45) is -4.13. The standard InChI is InChI=1S/C20H21F3N2O2S/c1-13-7-8-17-14(11-13)15-12-24(2)10-9-18(15)25(17)28(26,27)19-6-4-3-5-16(19)20(21,22)23/h3-8,11,15,18H,9-10,12H2,1-2H3/p+1/t15-,18+/m1/s1. The van der Waals surface area contributed by atoms with E-state index in [2.05, 4.69) is 7.05 Å². The number of benzene rings is 2. The maximum Gasteiger partial charge on any atom is 0.417 e. The predicted octanol–water partition coefficient (Wildman–Crippen LogP) is 2.59. The largest absolute Gasteiger partial charge is 0.417 e. The highest BCUT2D eigenvalue weighted by molar-refractivity contribution is 7.93. The van der Waals surface area contributed by atoms with Crippen LogP contribution >= 0.6 is 0 Å². The Bertz CT molecular complexity index is 1020. The first-order chi connectivity index (χ1) is 13.1. The lowest BCUT2D eigenvalue weighted by molar-refractivity contribution is -0.886. The molecular weight excluding hydrogens is 389 g/mol. The second kappa shape index (κ2) is 6.49. The van der Waals surface area contributed by atoms with E-state index in [1.54, 1.807) is 6.07 Å². The third-order valence-corrected chi connectivity index (χ3v) is 7.65. The van der Waals surface area contributed by atoms with Crippen molar-refractivity contribution in [2.24, 2.45) is 0 Å². The summed E-state index contributed by atoms with van der Waals surface area (Å²) in [6, 6.07) is 9.59. The van der Waals surface area contributed by atoms with Crippen LogP contribution in [0.1, 0.15) is 29.0 Å². The number of fused-ring (bicyclic) bond motifs is 3. The van der Waals surface area contributed by atoms with Crippen molar-refractivity contribution >= 4 is 15.7 Å². The smallest absolute Gasteiger partial charge is 0.337 e. The molecule has 2 aliphatic rings. The van der Waals surface area contributed by atoms with Gasteiger partial charge in [-0.15, -0.1) is 0 Å². The predicted molar refractivity (Wildman–Crippen MR) is 100 cm³/mol. The fourth-order valence-electron chi connectivity index (χ4n) is 4.50. The summed E-state index contributed by atoms with van der Waals surface area (Å²) in [4.78, 5) is 0.615. The third kappa shape index (κ3) is 2.99. The Morgan fingerprint density at radius 1 is 1.14 bits per heavy atom. The van der Waals surface area contributed by atoms with Gasteiger partial charge in [0.25, 0.3) is 10.0 Å². The minimum atomic E-state index is -4.74. The molecule has 0 aromatic heterocycles. The Labute approximate surface area is 162 Å². The van der Waals surface area contributed by atoms with E-state index in [4.69, 9.17) is 0 Å². The summed E-state index contributed by atoms with van der Waals surface area (Å²) in [6.45, 7) is 3.47. The molecule has 0 spiro atoms. The van der Waals surface area contributed by atoms with Crippen molar-refractivity contribution < 1.29 is 26.5 Å². The van der Waals surface area contributed by atoms with E-state index >= 15 is 0 Å². The number of piperidine rings is 1. The Kier molecular flexibility index (Phi) is 4.46. The zero-order valence-corrected chi connectivity index (χ0v) is 16.4. The van der Waals surface area contributed by atoms with Crippen molar-refractivity contribution in [1.82, 2.24) is 0 Å². The number of hydrogen-bond donors (Lipinski definition) is 1. The van der Waals surface area contributed by atoms with Crippen molar-refractivity contribution in [3.63, 3.8) is 0 Å². The zero-order valence-electron chi connectivity index (χ0n) is 15.6. The highest BCUT2D eigenvalue weighted by Gasteiger charge is 2.49. The minimum absolute atomic E-state index is 0.0172. The van der Waals surface area contributed by atoms with Gasteiger partial charge in [0.1, 0.15) is 0 Å². The molecular formula is C20H22F3N2O2S+. The van der Waals surface area contributed by atoms with E-state index in [9.17, 15) is 21.6 Å². The molecule has 0 saturated carbocycles. The number of quaternary nitrogens is 1. The summed E-state index contributed by atoms with van der Waals surface area (Å²) >= 11 is 0. The van der Waals surface area contributed by atoms with Gasteiger partial charge in [0.05, 0.1) is 48.2 Å². The van der Waals surface area contributed by atoms with Gasteiger partial charge in [-0.2, -0.15) is 13.2 Å². The number of rotatable bonds is 2. The molecule has 0 aliphatic carbocycles. The molecule has 2 heterocycles. The first-order valence-corrected chi connectivity index (χ1v) is 10.7. The molecule has 0 amide bonds. The lowest BCUT2D eigenvalue weighted by atomic mass is 9.89. The first-order valence-electron chi connectivity index (χ1n) is 9.23. The number of alkyl halides is 3. The van der Waals surface area contributed by atoms with Gasteiger partial charge in [-0.3, -0.25) is 4.31 Å². The lowest BCUT2D eigenvalue weighted by Gasteiger charge is -2.35. The van der Waals surface area contributed by atoms with E-state index in [-0.39, 0.29) is 12.0 Å². The molecule has 1 fully saturated rings. The molecule has 2 aromatic carbocycles. The number of aryl methyl sites for hydroxylation is 1. The quantitative estimate of drug-likeness (QED) is 0.826. The van der Waals surface area contributed by atoms with Gasteiger partial charge in [-0.25, -0.2) is 8.42 Å². The van der Waals surface area contributed by atoms with Crippen LogP contribution in [0, 0.1) is 6.92 Å². The van der Waals surface area contributed by atoms with Crippen LogP contribution in [0.2, 0.25) is 0 Å². The van der Waals surface area contributed by atoms with Crippen LogP contribution in [-0.4, -0.2) is 34.6 Å². The van der Waals surface area contributed by atoms with Crippen molar-refractivity contribution in [1.29, 1.82) is 0 Å². The summed E-state index contributed by atoms with van der Waals surface area (Å²) in [5, 5.41) is 0. The Hall–Kier alpha value is -2.06. The molecule has 8 heteroatoms. The molecule has 1 saturated heterocycles. The Balaban J connectivity index is 1.90. The number of likely N-dealkylation sites (tertiary alicyclic amines) is 1. The average molecular weight is 411 g/mol. The molecule has 1 N–H and O–H groups in total. The van der Waals surface area contributed by atoms with Gasteiger partial charge in [0.2, 0.25) is 0 Å². The molecule has 2 aliphatic heterocycles. The second-order valence-corrected chi connectivity index (χ2v) is 9.51. The summed E-state index contributed by atoms with van der Waals surface area (Å²) in [7, 11) is -2.31. The van der Waals surface area contributed by atoms with E-state index in [0.717, 1.165) is 36.3 Å². The van der Waals surface area contributed by atoms with Crippen LogP contribution in [0.4, 0.5) is 18.9 Å². The zero-order chi connectivity index (χ0) is 20.3. The monoisotopic (exact) mass is 411 g/mol. The molecule has 3 atom stereocenters. The van der Waals surface area contributed by atoms with Gasteiger partial charge in [-0.1, -0.05) is 29.8 Å². The minimum Gasteiger partial charge on any atom is -0.337 e. The van der Waals surface area contributed by atoms with Gasteiger partial charge in [-0.05, 0) is 30.7 Å². The van der Waals surface area contributed by atoms with Crippen LogP contribution in [-0.2, 0) is 16.2 Å². The van der Waals surface area contributed by atoms with Crippen LogP contribution < -0.4 is 9.21 Å². The summed E-state index contributed by atoms with van der Waals surface area (Å²) in [5.74, 6) is -0.0172. The van der Waals surface area contributed by atoms with Crippen LogP contribution in [0.25, 0.3) is 0 Å². The number of likely N-dealkylation sites (N-methyl/N-ethyl adjacent to an activating group) is 1. The fraction of sp³-hybridized carbons (Fsp3) is 0.400. The van der Waals surface area contributed by atoms with E-state index in [1.807, 2.05) is 19.1 Å². The molecule has 0 radical (unpaired) electrons. The highest BCUT2D eigenvalue weighted by Crippen LogP contribution is 2.47. The van der Waals surface area contributed by atoms with E-state index in [0.29, 0.717) is 12.1 Å². The molecule has 28 heavy (non-hydrogen) atoms. The second-order valence-electron chi connectivity index (χ2n) is 7.73. The number of halogens is 3. The van der Waals surface area contributed by atoms with E-state index < -0.39 is 26.7 Å². The molecule has 2 aromatic rings. The van der Waals surface area contributed by atoms with Gasteiger partial charge in [0, 0.05) is 6.42 Å². The maximum atomic E-state index is 13.5. The normalized spacial score (nSPS) is 24.8. The Morgan fingerprint density at radius 3 is 2.57 bits per heavy atom. The molecule has 0 bridgehead atoms. The number of sulfonamides is 1. The van der Waals surface area contributed by atoms with Crippen molar-refractivity contribution in [2.75, 3.05) is 24.4 Å². The summed E-state index contributed by atoms with van der Waals surface area (Å²) < 4.78 is 68.8. The topological polar surface area (TPSA) is 41.8 Å². The fourth-order valence-corrected chi connectivity index (χ4v) is 6.45. The highest BCUT2D eigenvalue weighted by atomic mass is 32.2. The molecule has 4 nitrogen and oxygen atoms in total. The Morgan fingerprint density at radius 2 is 1.86 bits per heavy atom. The van der Waals surface area contributed by atoms with Gasteiger partial charge >= 0.3 is 6.18 Å². The van der Waals surface area contributed by atoms with Gasteiger partial charge < -0.3 is 4.90 Å².